The van der Waals surface area contributed by atoms with Crippen molar-refractivity contribution in [2.45, 2.75) is 25.7 Å². The van der Waals surface area contributed by atoms with Crippen molar-refractivity contribution >= 4 is 29.1 Å². The van der Waals surface area contributed by atoms with Gasteiger partial charge in [-0.1, -0.05) is 24.3 Å². The van der Waals surface area contributed by atoms with Crippen LogP contribution in [0.15, 0.2) is 41.8 Å². The second-order valence-electron chi connectivity index (χ2n) is 7.11. The molecule has 0 bridgehead atoms. The molecule has 1 fully saturated rings. The van der Waals surface area contributed by atoms with E-state index < -0.39 is 36.5 Å². The van der Waals surface area contributed by atoms with E-state index >= 15 is 0 Å². The van der Waals surface area contributed by atoms with Gasteiger partial charge in [-0.15, -0.1) is 24.5 Å². The lowest BCUT2D eigenvalue weighted by Crippen LogP contribution is -2.43. The molecular weight excluding hydrogens is 449 g/mol. The summed E-state index contributed by atoms with van der Waals surface area (Å²) in [7, 11) is 0. The Labute approximate surface area is 186 Å². The number of para-hydroxylation sites is 1. The summed E-state index contributed by atoms with van der Waals surface area (Å²) < 4.78 is 46.4. The van der Waals surface area contributed by atoms with Crippen LogP contribution in [0.25, 0.3) is 0 Å². The molecule has 0 radical (unpaired) electrons. The van der Waals surface area contributed by atoms with Gasteiger partial charge in [-0.05, 0) is 30.4 Å². The fraction of sp³-hybridized carbons (Fsp3) is 0.381. The van der Waals surface area contributed by atoms with E-state index in [0.717, 1.165) is 6.07 Å². The molecule has 1 aliphatic rings. The average molecular weight is 470 g/mol. The lowest BCUT2D eigenvalue weighted by molar-refractivity contribution is -0.274. The first kappa shape index (κ1) is 23.6. The number of piperidine rings is 1. The first-order valence-corrected chi connectivity index (χ1v) is 10.7. The molecule has 1 unspecified atom stereocenters. The summed E-state index contributed by atoms with van der Waals surface area (Å²) in [5.41, 5.74) is 0.125. The van der Waals surface area contributed by atoms with Crippen molar-refractivity contribution in [2.75, 3.05) is 19.7 Å². The molecule has 2 aromatic rings. The van der Waals surface area contributed by atoms with Crippen LogP contribution in [0.1, 0.15) is 28.1 Å². The molecule has 0 spiro atoms. The Bertz CT molecular complexity index is 949. The molecule has 0 saturated carbocycles. The second kappa shape index (κ2) is 10.5. The summed E-state index contributed by atoms with van der Waals surface area (Å²) in [6.45, 7) is -0.0502. The van der Waals surface area contributed by atoms with E-state index in [1.807, 2.05) is 0 Å². The number of thiophene rings is 1. The molecule has 7 nitrogen and oxygen atoms in total. The van der Waals surface area contributed by atoms with Gasteiger partial charge in [-0.25, -0.2) is 0 Å². The standard InChI is InChI=1S/C21H21F3N2O5S/c22-21(23,24)31-16-7-2-1-5-14(16)11-25-18(27)13-30-20(29)15-6-3-9-26(12-15)19(28)17-8-4-10-32-17/h1-2,4-5,7-8,10,15H,3,6,9,11-13H2,(H,25,27). The van der Waals surface area contributed by atoms with Crippen LogP contribution < -0.4 is 10.1 Å². The fourth-order valence-electron chi connectivity index (χ4n) is 3.28. The summed E-state index contributed by atoms with van der Waals surface area (Å²) in [5.74, 6) is -2.36. The van der Waals surface area contributed by atoms with Gasteiger partial charge in [0, 0.05) is 25.2 Å². The van der Waals surface area contributed by atoms with Gasteiger partial charge in [0.1, 0.15) is 5.75 Å². The number of nitrogens with zero attached hydrogens (tertiary/aromatic N) is 1. The molecule has 11 heteroatoms. The maximum Gasteiger partial charge on any atom is 0.573 e. The van der Waals surface area contributed by atoms with Crippen molar-refractivity contribution in [3.63, 3.8) is 0 Å². The predicted molar refractivity (Wildman–Crippen MR) is 109 cm³/mol. The maximum absolute atomic E-state index is 12.5. The largest absolute Gasteiger partial charge is 0.573 e. The Hall–Kier alpha value is -3.08. The number of rotatable bonds is 7. The molecule has 172 valence electrons. The lowest BCUT2D eigenvalue weighted by Gasteiger charge is -2.31. The molecule has 1 aromatic heterocycles. The number of hydrogen-bond acceptors (Lipinski definition) is 6. The first-order chi connectivity index (χ1) is 15.2. The Morgan fingerprint density at radius 1 is 1.16 bits per heavy atom. The van der Waals surface area contributed by atoms with Gasteiger partial charge in [0.25, 0.3) is 11.8 Å². The molecule has 1 aromatic carbocycles. The van der Waals surface area contributed by atoms with Crippen LogP contribution in [0.4, 0.5) is 13.2 Å². The van der Waals surface area contributed by atoms with Crippen molar-refractivity contribution in [2.24, 2.45) is 5.92 Å². The normalized spacial score (nSPS) is 16.3. The van der Waals surface area contributed by atoms with E-state index in [1.165, 1.54) is 29.5 Å². The van der Waals surface area contributed by atoms with Crippen LogP contribution in [0.2, 0.25) is 0 Å². The minimum atomic E-state index is -4.85. The number of amides is 2. The Morgan fingerprint density at radius 3 is 2.66 bits per heavy atom. The van der Waals surface area contributed by atoms with E-state index in [4.69, 9.17) is 4.74 Å². The number of alkyl halides is 3. The van der Waals surface area contributed by atoms with E-state index in [1.54, 1.807) is 22.4 Å². The summed E-state index contributed by atoms with van der Waals surface area (Å²) in [5, 5.41) is 4.20. The van der Waals surface area contributed by atoms with Crippen molar-refractivity contribution in [3.05, 3.63) is 52.2 Å². The maximum atomic E-state index is 12.5. The number of halogens is 3. The fourth-order valence-corrected chi connectivity index (χ4v) is 3.97. The average Bonchev–Trinajstić information content (AvgIpc) is 3.30. The number of nitrogens with one attached hydrogen (secondary N) is 1. The molecule has 1 aliphatic heterocycles. The van der Waals surface area contributed by atoms with Gasteiger partial charge in [0.2, 0.25) is 0 Å². The summed E-state index contributed by atoms with van der Waals surface area (Å²) in [4.78, 5) is 39.0. The SMILES string of the molecule is O=C(COC(=O)C1CCCN(C(=O)c2cccs2)C1)NCc1ccccc1OC(F)(F)F. The smallest absolute Gasteiger partial charge is 0.455 e. The Morgan fingerprint density at radius 2 is 1.94 bits per heavy atom. The third kappa shape index (κ3) is 6.71. The van der Waals surface area contributed by atoms with Crippen molar-refractivity contribution in [1.29, 1.82) is 0 Å². The molecular formula is C21H21F3N2O5S. The van der Waals surface area contributed by atoms with Gasteiger partial charge in [-0.2, -0.15) is 0 Å². The van der Waals surface area contributed by atoms with E-state index in [2.05, 4.69) is 10.1 Å². The van der Waals surface area contributed by atoms with Gasteiger partial charge >= 0.3 is 12.3 Å². The highest BCUT2D eigenvalue weighted by atomic mass is 32.1. The zero-order chi connectivity index (χ0) is 23.1. The monoisotopic (exact) mass is 470 g/mol. The van der Waals surface area contributed by atoms with Crippen molar-refractivity contribution < 1.29 is 37.0 Å². The Kier molecular flexibility index (Phi) is 7.73. The number of likely N-dealkylation sites (tertiary alicyclic amines) is 1. The highest BCUT2D eigenvalue weighted by Gasteiger charge is 2.32. The lowest BCUT2D eigenvalue weighted by atomic mass is 9.98. The number of carbonyl (C=O) groups is 3. The van der Waals surface area contributed by atoms with Crippen molar-refractivity contribution in [3.8, 4) is 5.75 Å². The third-order valence-electron chi connectivity index (χ3n) is 4.79. The van der Waals surface area contributed by atoms with Gasteiger partial charge < -0.3 is 19.7 Å². The number of hydrogen-bond donors (Lipinski definition) is 1. The third-order valence-corrected chi connectivity index (χ3v) is 5.65. The van der Waals surface area contributed by atoms with Gasteiger partial charge in [0.05, 0.1) is 10.8 Å². The zero-order valence-corrected chi connectivity index (χ0v) is 17.7. The van der Waals surface area contributed by atoms with E-state index in [-0.39, 0.29) is 24.6 Å². The number of benzene rings is 1. The van der Waals surface area contributed by atoms with E-state index in [9.17, 15) is 27.6 Å². The molecule has 3 rings (SSSR count). The summed E-state index contributed by atoms with van der Waals surface area (Å²) in [6, 6.07) is 8.91. The predicted octanol–water partition coefficient (Wildman–Crippen LogP) is 3.36. The van der Waals surface area contributed by atoms with Crippen LogP contribution in [-0.4, -0.2) is 48.7 Å². The number of ether oxygens (including phenoxy) is 2. The van der Waals surface area contributed by atoms with Crippen LogP contribution >= 0.6 is 11.3 Å². The molecule has 32 heavy (non-hydrogen) atoms. The number of carbonyl (C=O) groups excluding carboxylic acids is 3. The topological polar surface area (TPSA) is 84.9 Å². The second-order valence-corrected chi connectivity index (χ2v) is 8.06. The van der Waals surface area contributed by atoms with Crippen molar-refractivity contribution in [1.82, 2.24) is 10.2 Å². The van der Waals surface area contributed by atoms with E-state index in [0.29, 0.717) is 24.3 Å². The van der Waals surface area contributed by atoms with Crippen LogP contribution in [-0.2, 0) is 20.9 Å². The van der Waals surface area contributed by atoms with Crippen LogP contribution in [0, 0.1) is 5.92 Å². The molecule has 2 amide bonds. The van der Waals surface area contributed by atoms with Gasteiger partial charge in [-0.3, -0.25) is 14.4 Å². The number of esters is 1. The molecule has 2 heterocycles. The molecule has 1 saturated heterocycles. The highest BCUT2D eigenvalue weighted by Crippen LogP contribution is 2.26. The zero-order valence-electron chi connectivity index (χ0n) is 16.9. The summed E-state index contributed by atoms with van der Waals surface area (Å²) >= 11 is 1.32. The van der Waals surface area contributed by atoms with Gasteiger partial charge in [0.15, 0.2) is 6.61 Å². The molecule has 1 N–H and O–H groups in total. The molecule has 1 atom stereocenters. The first-order valence-electron chi connectivity index (χ1n) is 9.82. The minimum absolute atomic E-state index is 0.125. The summed E-state index contributed by atoms with van der Waals surface area (Å²) in [6.07, 6.45) is -3.68. The quantitative estimate of drug-likeness (QED) is 0.628. The highest BCUT2D eigenvalue weighted by molar-refractivity contribution is 7.12. The van der Waals surface area contributed by atoms with Crippen LogP contribution in [0.5, 0.6) is 5.75 Å². The Balaban J connectivity index is 1.46. The molecule has 0 aliphatic carbocycles. The van der Waals surface area contributed by atoms with Crippen LogP contribution in [0.3, 0.4) is 0 Å². The minimum Gasteiger partial charge on any atom is -0.455 e.